The van der Waals surface area contributed by atoms with Crippen molar-refractivity contribution in [1.82, 2.24) is 0 Å². The number of hydrogen-bond donors (Lipinski definition) is 0. The summed E-state index contributed by atoms with van der Waals surface area (Å²) in [6, 6.07) is 0. The topological polar surface area (TPSA) is 26.3 Å². The van der Waals surface area contributed by atoms with Gasteiger partial charge in [0.05, 0.1) is 0 Å². The third-order valence-corrected chi connectivity index (χ3v) is 2.28. The first-order valence-electron chi connectivity index (χ1n) is 3.57. The molecular weight excluding hydrogens is 152 g/mol. The molecule has 10 heavy (non-hydrogen) atoms. The zero-order chi connectivity index (χ0) is 7.61. The van der Waals surface area contributed by atoms with E-state index in [0.717, 1.165) is 25.7 Å². The average molecular weight is 163 g/mol. The Hall–Kier alpha value is -0.240. The lowest BCUT2D eigenvalue weighted by molar-refractivity contribution is -0.0389. The van der Waals surface area contributed by atoms with Gasteiger partial charge in [-0.3, -0.25) is 0 Å². The summed E-state index contributed by atoms with van der Waals surface area (Å²) in [5, 5.41) is 0. The first-order chi connectivity index (χ1) is 4.68. The zero-order valence-electron chi connectivity index (χ0n) is 6.02. The van der Waals surface area contributed by atoms with E-state index >= 15 is 0 Å². The van der Waals surface area contributed by atoms with E-state index in [1.807, 2.05) is 6.92 Å². The molecule has 1 fully saturated rings. The van der Waals surface area contributed by atoms with Crippen LogP contribution in [-0.4, -0.2) is 11.0 Å². The molecule has 0 aromatic carbocycles. The van der Waals surface area contributed by atoms with E-state index in [9.17, 15) is 4.79 Å². The highest BCUT2D eigenvalue weighted by atomic mass is 35.5. The van der Waals surface area contributed by atoms with Gasteiger partial charge < -0.3 is 4.74 Å². The summed E-state index contributed by atoms with van der Waals surface area (Å²) in [4.78, 5) is 10.4. The van der Waals surface area contributed by atoms with Crippen LogP contribution in [0.2, 0.25) is 0 Å². The van der Waals surface area contributed by atoms with Crippen molar-refractivity contribution >= 4 is 17.0 Å². The van der Waals surface area contributed by atoms with Crippen LogP contribution in [0.1, 0.15) is 32.6 Å². The maximum absolute atomic E-state index is 10.4. The number of ether oxygens (including phenoxy) is 1. The third kappa shape index (κ3) is 1.43. The largest absolute Gasteiger partial charge is 0.447 e. The summed E-state index contributed by atoms with van der Waals surface area (Å²) >= 11 is 5.09. The third-order valence-electron chi connectivity index (χ3n) is 2.21. The average Bonchev–Trinajstić information content (AvgIpc) is 1.78. The number of halogens is 1. The Balaban J connectivity index is 2.40. The molecule has 2 nitrogen and oxygen atoms in total. The lowest BCUT2D eigenvalue weighted by Gasteiger charge is -2.39. The van der Waals surface area contributed by atoms with Crippen molar-refractivity contribution in [2.45, 2.75) is 38.2 Å². The molecule has 0 spiro atoms. The molecule has 3 heteroatoms. The molecule has 0 unspecified atom stereocenters. The maximum atomic E-state index is 10.4. The van der Waals surface area contributed by atoms with E-state index in [1.54, 1.807) is 0 Å². The second kappa shape index (κ2) is 2.79. The normalized spacial score (nSPS) is 21.4. The van der Waals surface area contributed by atoms with Gasteiger partial charge in [0.2, 0.25) is 0 Å². The van der Waals surface area contributed by atoms with E-state index in [4.69, 9.17) is 16.3 Å². The van der Waals surface area contributed by atoms with Gasteiger partial charge in [-0.05, 0) is 25.7 Å². The minimum Gasteiger partial charge on any atom is -0.447 e. The van der Waals surface area contributed by atoms with E-state index in [-0.39, 0.29) is 5.60 Å². The molecule has 0 radical (unpaired) electrons. The Kier molecular flexibility index (Phi) is 2.19. The summed E-state index contributed by atoms with van der Waals surface area (Å²) in [7, 11) is 0. The fourth-order valence-corrected chi connectivity index (χ4v) is 1.43. The van der Waals surface area contributed by atoms with E-state index in [2.05, 4.69) is 0 Å². The Bertz CT molecular complexity index is 135. The van der Waals surface area contributed by atoms with Gasteiger partial charge >= 0.3 is 5.43 Å². The van der Waals surface area contributed by atoms with Crippen LogP contribution in [0.15, 0.2) is 0 Å². The summed E-state index contributed by atoms with van der Waals surface area (Å²) in [6.45, 7) is 2.01. The van der Waals surface area contributed by atoms with Crippen LogP contribution in [-0.2, 0) is 4.74 Å². The van der Waals surface area contributed by atoms with Crippen LogP contribution < -0.4 is 0 Å². The highest BCUT2D eigenvalue weighted by Crippen LogP contribution is 2.38. The van der Waals surface area contributed by atoms with Crippen LogP contribution in [0.5, 0.6) is 0 Å². The van der Waals surface area contributed by atoms with Crippen molar-refractivity contribution in [1.29, 1.82) is 0 Å². The second-order valence-electron chi connectivity index (χ2n) is 2.73. The van der Waals surface area contributed by atoms with E-state index < -0.39 is 5.43 Å². The molecule has 0 aromatic rings. The molecule has 0 saturated heterocycles. The lowest BCUT2D eigenvalue weighted by Crippen LogP contribution is -2.39. The van der Waals surface area contributed by atoms with Crippen LogP contribution in [0.25, 0.3) is 0 Å². The SMILES string of the molecule is CCC1(OC(=O)Cl)CCC1. The molecule has 0 heterocycles. The maximum Gasteiger partial charge on any atom is 0.404 e. The lowest BCUT2D eigenvalue weighted by atomic mass is 9.78. The minimum atomic E-state index is -0.665. The fraction of sp³-hybridized carbons (Fsp3) is 0.857. The predicted molar refractivity (Wildman–Crippen MR) is 39.2 cm³/mol. The van der Waals surface area contributed by atoms with Gasteiger partial charge in [-0.1, -0.05) is 6.92 Å². The first kappa shape index (κ1) is 7.86. The van der Waals surface area contributed by atoms with Crippen LogP contribution >= 0.6 is 11.6 Å². The molecule has 1 aliphatic rings. The smallest absolute Gasteiger partial charge is 0.404 e. The molecule has 0 aromatic heterocycles. The molecular formula is C7H11ClO2. The first-order valence-corrected chi connectivity index (χ1v) is 3.95. The van der Waals surface area contributed by atoms with Crippen molar-refractivity contribution in [2.24, 2.45) is 0 Å². The minimum absolute atomic E-state index is 0.196. The van der Waals surface area contributed by atoms with Gasteiger partial charge in [0.1, 0.15) is 5.60 Å². The van der Waals surface area contributed by atoms with Crippen LogP contribution in [0, 0.1) is 0 Å². The van der Waals surface area contributed by atoms with Gasteiger partial charge in [-0.15, -0.1) is 0 Å². The van der Waals surface area contributed by atoms with Crippen molar-refractivity contribution in [3.05, 3.63) is 0 Å². The molecule has 1 aliphatic carbocycles. The molecule has 58 valence electrons. The van der Waals surface area contributed by atoms with Gasteiger partial charge in [-0.2, -0.15) is 0 Å². The van der Waals surface area contributed by atoms with Crippen LogP contribution in [0.3, 0.4) is 0 Å². The Labute approximate surface area is 65.5 Å². The Morgan fingerprint density at radius 3 is 2.40 bits per heavy atom. The van der Waals surface area contributed by atoms with E-state index in [0.29, 0.717) is 0 Å². The molecule has 0 aliphatic heterocycles. The number of carbonyl (C=O) groups excluding carboxylic acids is 1. The fourth-order valence-electron chi connectivity index (χ4n) is 1.27. The Morgan fingerprint density at radius 1 is 1.70 bits per heavy atom. The van der Waals surface area contributed by atoms with Gasteiger partial charge in [0, 0.05) is 11.6 Å². The van der Waals surface area contributed by atoms with Crippen molar-refractivity contribution in [3.63, 3.8) is 0 Å². The monoisotopic (exact) mass is 162 g/mol. The highest BCUT2D eigenvalue weighted by Gasteiger charge is 2.38. The molecule has 0 N–H and O–H groups in total. The number of rotatable bonds is 2. The summed E-state index contributed by atoms with van der Waals surface area (Å²) < 4.78 is 4.95. The summed E-state index contributed by atoms with van der Waals surface area (Å²) in [5.41, 5.74) is -0.861. The molecule has 1 rings (SSSR count). The highest BCUT2D eigenvalue weighted by molar-refractivity contribution is 6.61. The van der Waals surface area contributed by atoms with Gasteiger partial charge in [0.25, 0.3) is 0 Å². The molecule has 0 atom stereocenters. The quantitative estimate of drug-likeness (QED) is 0.584. The van der Waals surface area contributed by atoms with Crippen molar-refractivity contribution in [3.8, 4) is 0 Å². The summed E-state index contributed by atoms with van der Waals surface area (Å²) in [6.07, 6.45) is 3.98. The Morgan fingerprint density at radius 2 is 2.30 bits per heavy atom. The molecule has 0 amide bonds. The summed E-state index contributed by atoms with van der Waals surface area (Å²) in [5.74, 6) is 0. The number of hydrogen-bond acceptors (Lipinski definition) is 2. The standard InChI is InChI=1S/C7H11ClO2/c1-2-7(4-3-5-7)10-6(8)9/h2-5H2,1H3. The second-order valence-corrected chi connectivity index (χ2v) is 3.04. The van der Waals surface area contributed by atoms with Crippen molar-refractivity contribution < 1.29 is 9.53 Å². The van der Waals surface area contributed by atoms with E-state index in [1.165, 1.54) is 0 Å². The molecule has 1 saturated carbocycles. The van der Waals surface area contributed by atoms with Crippen molar-refractivity contribution in [2.75, 3.05) is 0 Å². The predicted octanol–water partition coefficient (Wildman–Crippen LogP) is 2.69. The van der Waals surface area contributed by atoms with Gasteiger partial charge in [-0.25, -0.2) is 4.79 Å². The molecule has 0 bridgehead atoms. The number of carbonyl (C=O) groups is 1. The zero-order valence-corrected chi connectivity index (χ0v) is 6.78. The van der Waals surface area contributed by atoms with Gasteiger partial charge in [0.15, 0.2) is 0 Å². The van der Waals surface area contributed by atoms with Crippen LogP contribution in [0.4, 0.5) is 4.79 Å².